The van der Waals surface area contributed by atoms with Crippen LogP contribution in [0.2, 0.25) is 0 Å². The van der Waals surface area contributed by atoms with Crippen LogP contribution in [0.1, 0.15) is 60.6 Å². The Hall–Kier alpha value is -2.85. The van der Waals surface area contributed by atoms with Crippen molar-refractivity contribution in [3.05, 3.63) is 41.2 Å². The summed E-state index contributed by atoms with van der Waals surface area (Å²) in [6, 6.07) is 4.99. The van der Waals surface area contributed by atoms with Gasteiger partial charge in [0.15, 0.2) is 5.60 Å². The number of piperidine rings is 1. The Morgan fingerprint density at radius 2 is 1.82 bits per heavy atom. The number of carbonyl (C=O) groups excluding carboxylic acids is 2. The lowest BCUT2D eigenvalue weighted by atomic mass is 9.86. The Kier molecular flexibility index (Phi) is 5.06. The zero-order valence-corrected chi connectivity index (χ0v) is 19.8. The zero-order chi connectivity index (χ0) is 23.5. The topological polar surface area (TPSA) is 112 Å². The van der Waals surface area contributed by atoms with Crippen LogP contribution in [0.5, 0.6) is 5.75 Å². The van der Waals surface area contributed by atoms with Crippen molar-refractivity contribution in [2.75, 3.05) is 32.0 Å². The molecule has 3 aliphatic rings. The molecule has 0 bridgehead atoms. The molecule has 10 heteroatoms. The molecule has 1 atom stereocenters. The average molecular weight is 473 g/mol. The van der Waals surface area contributed by atoms with Gasteiger partial charge in [0.05, 0.1) is 10.6 Å². The van der Waals surface area contributed by atoms with Crippen LogP contribution in [0.15, 0.2) is 29.3 Å². The Morgan fingerprint density at radius 3 is 2.55 bits per heavy atom. The normalized spacial score (nSPS) is 22.9. The number of aromatic amines is 1. The summed E-state index contributed by atoms with van der Waals surface area (Å²) < 4.78 is 34.7. The van der Waals surface area contributed by atoms with Crippen molar-refractivity contribution in [3.8, 4) is 5.75 Å². The van der Waals surface area contributed by atoms with Crippen molar-refractivity contribution in [2.24, 2.45) is 0 Å². The lowest BCUT2D eigenvalue weighted by Gasteiger charge is -2.37. The van der Waals surface area contributed by atoms with Gasteiger partial charge in [0.2, 0.25) is 10.0 Å². The van der Waals surface area contributed by atoms with Crippen LogP contribution in [0.4, 0.5) is 5.69 Å². The third-order valence-corrected chi connectivity index (χ3v) is 8.62. The fraction of sp³-hybridized carbons (Fsp3) is 0.478. The Morgan fingerprint density at radius 1 is 1.09 bits per heavy atom. The van der Waals surface area contributed by atoms with Crippen LogP contribution in [0.3, 0.4) is 0 Å². The fourth-order valence-corrected chi connectivity index (χ4v) is 6.42. The lowest BCUT2D eigenvalue weighted by molar-refractivity contribution is -0.129. The van der Waals surface area contributed by atoms with Crippen molar-refractivity contribution < 1.29 is 22.7 Å². The number of amides is 2. The summed E-state index contributed by atoms with van der Waals surface area (Å²) in [6.45, 7) is 4.67. The molecular formula is C23H28N4O5S. The Labute approximate surface area is 193 Å². The first kappa shape index (κ1) is 22.0. The van der Waals surface area contributed by atoms with E-state index in [4.69, 9.17) is 4.74 Å². The maximum atomic E-state index is 13.5. The number of anilines is 1. The molecule has 1 aromatic carbocycles. The van der Waals surface area contributed by atoms with E-state index < -0.39 is 15.6 Å². The second kappa shape index (κ2) is 7.59. The largest absolute Gasteiger partial charge is 0.476 e. The third-order valence-electron chi connectivity index (χ3n) is 6.74. The minimum atomic E-state index is -3.75. The number of ether oxygens (including phenoxy) is 1. The summed E-state index contributed by atoms with van der Waals surface area (Å²) in [5.74, 6) is -0.333. The number of likely N-dealkylation sites (N-methyl/N-ethyl adjacent to an activating group) is 1. The van der Waals surface area contributed by atoms with Crippen LogP contribution < -0.4 is 10.1 Å². The van der Waals surface area contributed by atoms with Gasteiger partial charge in [0.1, 0.15) is 11.4 Å². The van der Waals surface area contributed by atoms with Gasteiger partial charge >= 0.3 is 0 Å². The van der Waals surface area contributed by atoms with Gasteiger partial charge < -0.3 is 19.9 Å². The highest BCUT2D eigenvalue weighted by molar-refractivity contribution is 7.89. The van der Waals surface area contributed by atoms with Crippen LogP contribution in [-0.2, 0) is 14.8 Å². The summed E-state index contributed by atoms with van der Waals surface area (Å²) in [7, 11) is -2.04. The predicted molar refractivity (Wildman–Crippen MR) is 122 cm³/mol. The summed E-state index contributed by atoms with van der Waals surface area (Å²) in [5, 5.41) is 2.85. The first-order chi connectivity index (χ1) is 15.6. The van der Waals surface area contributed by atoms with Gasteiger partial charge in [-0.15, -0.1) is 0 Å². The molecule has 0 saturated carbocycles. The van der Waals surface area contributed by atoms with Gasteiger partial charge in [-0.3, -0.25) is 9.59 Å². The van der Waals surface area contributed by atoms with E-state index in [2.05, 4.69) is 10.3 Å². The first-order valence-corrected chi connectivity index (χ1v) is 12.6. The van der Waals surface area contributed by atoms with Gasteiger partial charge in [-0.2, -0.15) is 4.31 Å². The number of H-pyrrole nitrogens is 1. The fourth-order valence-electron chi connectivity index (χ4n) is 4.84. The number of aromatic nitrogens is 1. The number of nitrogens with zero attached hydrogens (tertiary/aromatic N) is 2. The second-order valence-corrected chi connectivity index (χ2v) is 11.4. The lowest BCUT2D eigenvalue weighted by Crippen LogP contribution is -2.46. The number of nitrogens with one attached hydrogen (secondary N) is 2. The number of fused-ring (bicyclic) bond motifs is 2. The van der Waals surface area contributed by atoms with Gasteiger partial charge in [-0.05, 0) is 50.5 Å². The average Bonchev–Trinajstić information content (AvgIpc) is 3.27. The smallest absolute Gasteiger partial charge is 0.270 e. The van der Waals surface area contributed by atoms with Crippen LogP contribution in [0, 0.1) is 0 Å². The van der Waals surface area contributed by atoms with E-state index in [-0.39, 0.29) is 22.6 Å². The van der Waals surface area contributed by atoms with E-state index in [0.717, 1.165) is 24.8 Å². The summed E-state index contributed by atoms with van der Waals surface area (Å²) in [4.78, 5) is 30.0. The number of benzene rings is 1. The van der Waals surface area contributed by atoms with E-state index in [9.17, 15) is 18.0 Å². The summed E-state index contributed by atoms with van der Waals surface area (Å²) in [5.41, 5.74) is 1.12. The Balaban J connectivity index is 1.70. The molecule has 176 valence electrons. The molecule has 2 amide bonds. The molecule has 1 saturated heterocycles. The van der Waals surface area contributed by atoms with Gasteiger partial charge in [-0.1, -0.05) is 6.42 Å². The molecule has 9 nitrogen and oxygen atoms in total. The van der Waals surface area contributed by atoms with E-state index in [0.29, 0.717) is 42.3 Å². The molecule has 33 heavy (non-hydrogen) atoms. The van der Waals surface area contributed by atoms with Crippen molar-refractivity contribution in [1.82, 2.24) is 14.2 Å². The van der Waals surface area contributed by atoms with Crippen LogP contribution in [0.25, 0.3) is 0 Å². The minimum absolute atomic E-state index is 0.119. The van der Waals surface area contributed by atoms with Gasteiger partial charge in [0, 0.05) is 44.4 Å². The van der Waals surface area contributed by atoms with Crippen molar-refractivity contribution >= 4 is 27.5 Å². The Bertz CT molecular complexity index is 1240. The number of sulfonamides is 1. The quantitative estimate of drug-likeness (QED) is 0.713. The van der Waals surface area contributed by atoms with Crippen molar-refractivity contribution in [1.29, 1.82) is 0 Å². The molecule has 3 aliphatic heterocycles. The molecule has 1 unspecified atom stereocenters. The van der Waals surface area contributed by atoms with E-state index in [1.54, 1.807) is 38.1 Å². The molecule has 2 aromatic rings. The highest BCUT2D eigenvalue weighted by atomic mass is 32.2. The maximum absolute atomic E-state index is 13.5. The molecule has 0 radical (unpaired) electrons. The molecule has 4 heterocycles. The molecule has 1 fully saturated rings. The minimum Gasteiger partial charge on any atom is -0.476 e. The van der Waals surface area contributed by atoms with Crippen LogP contribution in [-0.4, -0.2) is 66.7 Å². The van der Waals surface area contributed by atoms with Crippen LogP contribution >= 0.6 is 0 Å². The van der Waals surface area contributed by atoms with Crippen molar-refractivity contribution in [3.63, 3.8) is 0 Å². The summed E-state index contributed by atoms with van der Waals surface area (Å²) >= 11 is 0. The number of rotatable bonds is 3. The standard InChI is InChI=1S/C23H28N4O5S/c1-23(2)22(29)25-18-12-14(33(30,31)27-9-5-4-6-10-27)11-16(20(18)32-23)17-13-26(3)21(28)19-15(17)7-8-24-19/h7-8,11-12,17,24H,4-6,9-10,13H2,1-3H3,(H,25,29). The molecule has 1 aromatic heterocycles. The number of hydrogen-bond acceptors (Lipinski definition) is 5. The SMILES string of the molecule is CN1CC(c2cc(S(=O)(=O)N3CCCCC3)cc3c2OC(C)(C)C(=O)N3)c2cc[nH]c2C1=O. The summed E-state index contributed by atoms with van der Waals surface area (Å²) in [6.07, 6.45) is 4.38. The van der Waals surface area contributed by atoms with Crippen molar-refractivity contribution in [2.45, 2.75) is 49.5 Å². The second-order valence-electron chi connectivity index (χ2n) is 9.47. The highest BCUT2D eigenvalue weighted by Gasteiger charge is 2.41. The predicted octanol–water partition coefficient (Wildman–Crippen LogP) is 2.52. The molecule has 2 N–H and O–H groups in total. The van der Waals surface area contributed by atoms with Gasteiger partial charge in [-0.25, -0.2) is 8.42 Å². The van der Waals surface area contributed by atoms with Gasteiger partial charge in [0.25, 0.3) is 11.8 Å². The third kappa shape index (κ3) is 3.52. The molecular weight excluding hydrogens is 444 g/mol. The monoisotopic (exact) mass is 472 g/mol. The highest BCUT2D eigenvalue weighted by Crippen LogP contribution is 2.46. The number of carbonyl (C=O) groups is 2. The van der Waals surface area contributed by atoms with E-state index in [1.807, 2.05) is 6.07 Å². The van der Waals surface area contributed by atoms with E-state index in [1.165, 1.54) is 10.4 Å². The number of hydrogen-bond donors (Lipinski definition) is 2. The molecule has 0 spiro atoms. The zero-order valence-electron chi connectivity index (χ0n) is 19.0. The van der Waals surface area contributed by atoms with E-state index >= 15 is 0 Å². The molecule has 0 aliphatic carbocycles. The molecule has 5 rings (SSSR count). The first-order valence-electron chi connectivity index (χ1n) is 11.2. The maximum Gasteiger partial charge on any atom is 0.270 e.